The van der Waals surface area contributed by atoms with E-state index in [2.05, 4.69) is 29.5 Å². The van der Waals surface area contributed by atoms with Crippen LogP contribution in [-0.4, -0.2) is 75.6 Å². The molecular formula is C21H29N7OS. The fraction of sp³-hybridized carbons (Fsp3) is 0.619. The van der Waals surface area contributed by atoms with Crippen LogP contribution in [0.2, 0.25) is 0 Å². The molecule has 1 amide bonds. The molecule has 3 aliphatic rings. The minimum atomic E-state index is 0.186. The first-order valence-corrected chi connectivity index (χ1v) is 12.0. The first-order chi connectivity index (χ1) is 14.8. The number of thioether (sulfide) groups is 1. The number of aromatic nitrogens is 4. The summed E-state index contributed by atoms with van der Waals surface area (Å²) in [5.41, 5.74) is 0. The molecule has 160 valence electrons. The minimum absolute atomic E-state index is 0.186. The van der Waals surface area contributed by atoms with Crippen LogP contribution in [0.5, 0.6) is 0 Å². The normalized spacial score (nSPS) is 19.9. The van der Waals surface area contributed by atoms with Gasteiger partial charge in [-0.3, -0.25) is 9.36 Å². The van der Waals surface area contributed by atoms with E-state index in [1.807, 2.05) is 29.3 Å². The topological polar surface area (TPSA) is 70.4 Å². The van der Waals surface area contributed by atoms with Crippen LogP contribution in [0.1, 0.15) is 38.1 Å². The van der Waals surface area contributed by atoms with Crippen LogP contribution in [0.3, 0.4) is 0 Å². The molecule has 0 unspecified atom stereocenters. The van der Waals surface area contributed by atoms with Crippen LogP contribution in [0.4, 0.5) is 11.8 Å². The molecule has 0 spiro atoms. The molecule has 30 heavy (non-hydrogen) atoms. The van der Waals surface area contributed by atoms with Crippen molar-refractivity contribution in [3.63, 3.8) is 0 Å². The second-order valence-electron chi connectivity index (χ2n) is 8.28. The minimum Gasteiger partial charge on any atom is -0.353 e. The van der Waals surface area contributed by atoms with Crippen molar-refractivity contribution in [2.45, 2.75) is 43.3 Å². The lowest BCUT2D eigenvalue weighted by molar-refractivity contribution is -0.128. The van der Waals surface area contributed by atoms with E-state index in [1.54, 1.807) is 11.8 Å². The lowest BCUT2D eigenvalue weighted by Gasteiger charge is -2.35. The van der Waals surface area contributed by atoms with Crippen molar-refractivity contribution >= 4 is 29.4 Å². The quantitative estimate of drug-likeness (QED) is 0.656. The summed E-state index contributed by atoms with van der Waals surface area (Å²) >= 11 is 1.54. The number of anilines is 2. The Morgan fingerprint density at radius 3 is 2.47 bits per heavy atom. The third-order valence-corrected chi connectivity index (χ3v) is 7.06. The molecule has 9 heteroatoms. The monoisotopic (exact) mass is 427 g/mol. The molecule has 5 rings (SSSR count). The molecule has 0 bridgehead atoms. The van der Waals surface area contributed by atoms with Crippen LogP contribution < -0.4 is 9.80 Å². The van der Waals surface area contributed by atoms with Crippen molar-refractivity contribution in [1.82, 2.24) is 24.6 Å². The summed E-state index contributed by atoms with van der Waals surface area (Å²) in [6.07, 6.45) is 7.95. The Labute approximate surface area is 181 Å². The number of hydrogen-bond acceptors (Lipinski definition) is 7. The Balaban J connectivity index is 1.17. The number of piperazine rings is 1. The second kappa shape index (κ2) is 8.83. The van der Waals surface area contributed by atoms with Crippen LogP contribution in [0.25, 0.3) is 0 Å². The summed E-state index contributed by atoms with van der Waals surface area (Å²) in [6, 6.07) is 6.47. The number of piperidine rings is 1. The zero-order valence-electron chi connectivity index (χ0n) is 17.3. The third-order valence-electron chi connectivity index (χ3n) is 6.13. The molecule has 3 fully saturated rings. The maximum atomic E-state index is 12.8. The Kier molecular flexibility index (Phi) is 5.79. The summed E-state index contributed by atoms with van der Waals surface area (Å²) < 4.78 is 2.29. The predicted molar refractivity (Wildman–Crippen MR) is 118 cm³/mol. The van der Waals surface area contributed by atoms with Crippen molar-refractivity contribution in [3.05, 3.63) is 24.4 Å². The van der Waals surface area contributed by atoms with Gasteiger partial charge in [0.1, 0.15) is 5.82 Å². The highest BCUT2D eigenvalue weighted by molar-refractivity contribution is 7.99. The predicted octanol–water partition coefficient (Wildman–Crippen LogP) is 2.44. The van der Waals surface area contributed by atoms with Crippen molar-refractivity contribution in [3.8, 4) is 0 Å². The van der Waals surface area contributed by atoms with E-state index in [0.29, 0.717) is 11.8 Å². The van der Waals surface area contributed by atoms with E-state index in [1.165, 1.54) is 32.1 Å². The standard InChI is InChI=1S/C21H29N7OS/c29-19(26-14-12-25(13-15-26)18-6-2-3-9-22-18)16-30-21-24-23-20(28(21)17-7-8-17)27-10-4-1-5-11-27/h2-3,6,9,17H,1,4-5,7-8,10-16H2. The van der Waals surface area contributed by atoms with Gasteiger partial charge in [-0.15, -0.1) is 10.2 Å². The molecule has 1 aliphatic carbocycles. The molecule has 2 aromatic heterocycles. The van der Waals surface area contributed by atoms with Crippen LogP contribution in [0.15, 0.2) is 29.6 Å². The lowest BCUT2D eigenvalue weighted by Crippen LogP contribution is -2.49. The van der Waals surface area contributed by atoms with Gasteiger partial charge in [-0.2, -0.15) is 0 Å². The highest BCUT2D eigenvalue weighted by Gasteiger charge is 2.32. The van der Waals surface area contributed by atoms with Gasteiger partial charge in [0.25, 0.3) is 0 Å². The second-order valence-corrected chi connectivity index (χ2v) is 9.22. The number of rotatable bonds is 6. The highest BCUT2D eigenvalue weighted by Crippen LogP contribution is 2.41. The van der Waals surface area contributed by atoms with Gasteiger partial charge in [0.2, 0.25) is 11.9 Å². The number of nitrogens with zero attached hydrogens (tertiary/aromatic N) is 7. The highest BCUT2D eigenvalue weighted by atomic mass is 32.2. The van der Waals surface area contributed by atoms with Gasteiger partial charge in [-0.1, -0.05) is 17.8 Å². The van der Waals surface area contributed by atoms with Crippen LogP contribution in [-0.2, 0) is 4.79 Å². The first kappa shape index (κ1) is 19.7. The maximum absolute atomic E-state index is 12.8. The summed E-state index contributed by atoms with van der Waals surface area (Å²) in [4.78, 5) is 23.8. The molecule has 0 radical (unpaired) electrons. The van der Waals surface area contributed by atoms with E-state index in [-0.39, 0.29) is 5.91 Å². The molecule has 2 saturated heterocycles. The van der Waals surface area contributed by atoms with E-state index < -0.39 is 0 Å². The van der Waals surface area contributed by atoms with Crippen LogP contribution >= 0.6 is 11.8 Å². The molecule has 4 heterocycles. The first-order valence-electron chi connectivity index (χ1n) is 11.1. The SMILES string of the molecule is O=C(CSc1nnc(N2CCCCC2)n1C1CC1)N1CCN(c2ccccn2)CC1. The molecule has 2 aromatic rings. The average molecular weight is 428 g/mol. The van der Waals surface area contributed by atoms with E-state index in [4.69, 9.17) is 0 Å². The molecule has 0 atom stereocenters. The molecule has 0 N–H and O–H groups in total. The molecule has 1 saturated carbocycles. The van der Waals surface area contributed by atoms with Gasteiger partial charge in [0.05, 0.1) is 5.75 Å². The van der Waals surface area contributed by atoms with Gasteiger partial charge in [-0.05, 0) is 44.2 Å². The summed E-state index contributed by atoms with van der Waals surface area (Å²) in [5.74, 6) is 2.61. The van der Waals surface area contributed by atoms with E-state index in [0.717, 1.165) is 56.2 Å². The zero-order valence-corrected chi connectivity index (χ0v) is 18.1. The van der Waals surface area contributed by atoms with Crippen molar-refractivity contribution < 1.29 is 4.79 Å². The molecule has 2 aliphatic heterocycles. The lowest BCUT2D eigenvalue weighted by atomic mass is 10.1. The maximum Gasteiger partial charge on any atom is 0.233 e. The van der Waals surface area contributed by atoms with E-state index >= 15 is 0 Å². The Bertz CT molecular complexity index is 855. The number of amides is 1. The number of hydrogen-bond donors (Lipinski definition) is 0. The Morgan fingerprint density at radius 1 is 0.967 bits per heavy atom. The third kappa shape index (κ3) is 4.26. The Hall–Kier alpha value is -2.29. The van der Waals surface area contributed by atoms with Crippen molar-refractivity contribution in [1.29, 1.82) is 0 Å². The molecule has 0 aromatic carbocycles. The number of carbonyl (C=O) groups is 1. The average Bonchev–Trinajstić information content (AvgIpc) is 3.57. The van der Waals surface area contributed by atoms with Gasteiger partial charge in [-0.25, -0.2) is 4.98 Å². The van der Waals surface area contributed by atoms with Crippen molar-refractivity contribution in [2.75, 3.05) is 54.8 Å². The fourth-order valence-corrected chi connectivity index (χ4v) is 5.18. The van der Waals surface area contributed by atoms with Gasteiger partial charge in [0.15, 0.2) is 5.16 Å². The zero-order chi connectivity index (χ0) is 20.3. The molecule has 8 nitrogen and oxygen atoms in total. The van der Waals surface area contributed by atoms with Crippen LogP contribution in [0, 0.1) is 0 Å². The van der Waals surface area contributed by atoms with Gasteiger partial charge >= 0.3 is 0 Å². The van der Waals surface area contributed by atoms with Gasteiger partial charge < -0.3 is 14.7 Å². The molecular weight excluding hydrogens is 398 g/mol. The summed E-state index contributed by atoms with van der Waals surface area (Å²) in [6.45, 7) is 5.26. The largest absolute Gasteiger partial charge is 0.353 e. The van der Waals surface area contributed by atoms with Gasteiger partial charge in [0, 0.05) is 51.5 Å². The Morgan fingerprint density at radius 2 is 1.77 bits per heavy atom. The number of pyridine rings is 1. The smallest absolute Gasteiger partial charge is 0.233 e. The number of carbonyl (C=O) groups excluding carboxylic acids is 1. The fourth-order valence-electron chi connectivity index (χ4n) is 4.27. The van der Waals surface area contributed by atoms with Crippen molar-refractivity contribution in [2.24, 2.45) is 0 Å². The van der Waals surface area contributed by atoms with E-state index in [9.17, 15) is 4.79 Å². The summed E-state index contributed by atoms with van der Waals surface area (Å²) in [5, 5.41) is 9.88. The summed E-state index contributed by atoms with van der Waals surface area (Å²) in [7, 11) is 0.